The van der Waals surface area contributed by atoms with E-state index < -0.39 is 0 Å². The number of piperidine rings is 1. The number of nitrogens with zero attached hydrogens (tertiary/aromatic N) is 3. The van der Waals surface area contributed by atoms with E-state index in [0.29, 0.717) is 18.8 Å². The standard InChI is InChI=1S/C19H22N4O2/c1-22-17(6-7-20-22)15-3-2-8-23(12-15)19(25)10-13-4-5-14-11-18(24)21-16(14)9-13/h4-7,9,15H,2-3,8,10-12H2,1H3,(H,21,24). The second-order valence-corrected chi connectivity index (χ2v) is 6.95. The molecule has 0 aliphatic carbocycles. The Balaban J connectivity index is 1.44. The Morgan fingerprint density at radius 1 is 1.36 bits per heavy atom. The van der Waals surface area contributed by atoms with Gasteiger partial charge in [0.25, 0.3) is 0 Å². The molecule has 1 aromatic carbocycles. The van der Waals surface area contributed by atoms with Crippen molar-refractivity contribution in [3.8, 4) is 0 Å². The number of amides is 2. The number of carbonyl (C=O) groups is 2. The zero-order valence-electron chi connectivity index (χ0n) is 14.4. The van der Waals surface area contributed by atoms with Crippen LogP contribution in [0, 0.1) is 0 Å². The highest BCUT2D eigenvalue weighted by molar-refractivity contribution is 5.99. The maximum atomic E-state index is 12.7. The van der Waals surface area contributed by atoms with E-state index in [-0.39, 0.29) is 11.8 Å². The van der Waals surface area contributed by atoms with Crippen LogP contribution in [-0.4, -0.2) is 39.6 Å². The van der Waals surface area contributed by atoms with Crippen LogP contribution in [0.15, 0.2) is 30.5 Å². The second-order valence-electron chi connectivity index (χ2n) is 6.95. The number of rotatable bonds is 3. The van der Waals surface area contributed by atoms with Gasteiger partial charge in [0, 0.05) is 43.6 Å². The Hall–Kier alpha value is -2.63. The average Bonchev–Trinajstić information content (AvgIpc) is 3.19. The molecule has 2 aliphatic heterocycles. The summed E-state index contributed by atoms with van der Waals surface area (Å²) in [6, 6.07) is 7.88. The summed E-state index contributed by atoms with van der Waals surface area (Å²) in [5.41, 5.74) is 4.00. The van der Waals surface area contributed by atoms with Gasteiger partial charge in [0.05, 0.1) is 12.8 Å². The molecule has 0 bridgehead atoms. The lowest BCUT2D eigenvalue weighted by atomic mass is 9.94. The zero-order chi connectivity index (χ0) is 17.4. The van der Waals surface area contributed by atoms with Crippen molar-refractivity contribution in [3.63, 3.8) is 0 Å². The fourth-order valence-electron chi connectivity index (χ4n) is 3.89. The Kier molecular flexibility index (Phi) is 4.03. The summed E-state index contributed by atoms with van der Waals surface area (Å²) >= 11 is 0. The van der Waals surface area contributed by atoms with Crippen LogP contribution < -0.4 is 5.32 Å². The van der Waals surface area contributed by atoms with E-state index in [0.717, 1.165) is 42.7 Å². The number of hydrogen-bond donors (Lipinski definition) is 1. The molecule has 1 fully saturated rings. The molecule has 2 aromatic rings. The van der Waals surface area contributed by atoms with Crippen molar-refractivity contribution in [2.45, 2.75) is 31.6 Å². The number of carbonyl (C=O) groups excluding carboxylic acids is 2. The van der Waals surface area contributed by atoms with Gasteiger partial charge in [0.15, 0.2) is 0 Å². The van der Waals surface area contributed by atoms with Crippen molar-refractivity contribution in [2.75, 3.05) is 18.4 Å². The largest absolute Gasteiger partial charge is 0.342 e. The summed E-state index contributed by atoms with van der Waals surface area (Å²) in [6.07, 6.45) is 4.73. The van der Waals surface area contributed by atoms with Crippen molar-refractivity contribution in [1.82, 2.24) is 14.7 Å². The van der Waals surface area contributed by atoms with Crippen LogP contribution in [0.1, 0.15) is 35.6 Å². The van der Waals surface area contributed by atoms with Crippen molar-refractivity contribution in [2.24, 2.45) is 7.05 Å². The molecule has 6 nitrogen and oxygen atoms in total. The third kappa shape index (κ3) is 3.16. The highest BCUT2D eigenvalue weighted by Gasteiger charge is 2.26. The van der Waals surface area contributed by atoms with Crippen LogP contribution in [0.3, 0.4) is 0 Å². The van der Waals surface area contributed by atoms with Crippen molar-refractivity contribution < 1.29 is 9.59 Å². The molecule has 4 rings (SSSR count). The predicted molar refractivity (Wildman–Crippen MR) is 94.2 cm³/mol. The van der Waals surface area contributed by atoms with Gasteiger partial charge in [-0.05, 0) is 36.1 Å². The molecule has 0 saturated carbocycles. The highest BCUT2D eigenvalue weighted by atomic mass is 16.2. The summed E-state index contributed by atoms with van der Waals surface area (Å²) < 4.78 is 1.90. The molecule has 1 atom stereocenters. The van der Waals surface area contributed by atoms with Crippen LogP contribution >= 0.6 is 0 Å². The van der Waals surface area contributed by atoms with Gasteiger partial charge in [-0.15, -0.1) is 0 Å². The first-order valence-electron chi connectivity index (χ1n) is 8.77. The third-order valence-corrected chi connectivity index (χ3v) is 5.21. The molecule has 2 aliphatic rings. The number of likely N-dealkylation sites (tertiary alicyclic amines) is 1. The smallest absolute Gasteiger partial charge is 0.228 e. The summed E-state index contributed by atoms with van der Waals surface area (Å²) in [5, 5.41) is 7.10. The molecule has 25 heavy (non-hydrogen) atoms. The van der Waals surface area contributed by atoms with E-state index in [9.17, 15) is 9.59 Å². The van der Waals surface area contributed by atoms with Crippen molar-refractivity contribution >= 4 is 17.5 Å². The summed E-state index contributed by atoms with van der Waals surface area (Å²) in [7, 11) is 1.95. The lowest BCUT2D eigenvalue weighted by molar-refractivity contribution is -0.131. The number of nitrogens with one attached hydrogen (secondary N) is 1. The van der Waals surface area contributed by atoms with Crippen molar-refractivity contribution in [1.29, 1.82) is 0 Å². The second kappa shape index (κ2) is 6.35. The van der Waals surface area contributed by atoms with Gasteiger partial charge in [0.1, 0.15) is 0 Å². The van der Waals surface area contributed by atoms with Crippen LogP contribution in [0.25, 0.3) is 0 Å². The number of aromatic nitrogens is 2. The molecule has 0 radical (unpaired) electrons. The Morgan fingerprint density at radius 3 is 3.04 bits per heavy atom. The van der Waals surface area contributed by atoms with E-state index in [2.05, 4.69) is 10.4 Å². The molecule has 1 saturated heterocycles. The third-order valence-electron chi connectivity index (χ3n) is 5.21. The van der Waals surface area contributed by atoms with E-state index in [1.54, 1.807) is 0 Å². The molecule has 0 spiro atoms. The van der Waals surface area contributed by atoms with Gasteiger partial charge in [-0.2, -0.15) is 5.10 Å². The van der Waals surface area contributed by atoms with E-state index in [1.165, 1.54) is 5.69 Å². The minimum atomic E-state index is 0.0218. The Morgan fingerprint density at radius 2 is 2.24 bits per heavy atom. The molecule has 6 heteroatoms. The number of benzene rings is 1. The molecular formula is C19H22N4O2. The molecular weight excluding hydrogens is 316 g/mol. The summed E-state index contributed by atoms with van der Waals surface area (Å²) in [4.78, 5) is 26.2. The summed E-state index contributed by atoms with van der Waals surface area (Å²) in [5.74, 6) is 0.522. The monoisotopic (exact) mass is 338 g/mol. The topological polar surface area (TPSA) is 67.2 Å². The molecule has 3 heterocycles. The molecule has 2 amide bonds. The first-order chi connectivity index (χ1) is 12.1. The first kappa shape index (κ1) is 15.9. The van der Waals surface area contributed by atoms with Gasteiger partial charge < -0.3 is 10.2 Å². The quantitative estimate of drug-likeness (QED) is 0.929. The van der Waals surface area contributed by atoms with E-state index >= 15 is 0 Å². The summed E-state index contributed by atoms with van der Waals surface area (Å²) in [6.45, 7) is 1.56. The molecule has 1 N–H and O–H groups in total. The maximum absolute atomic E-state index is 12.7. The van der Waals surface area contributed by atoms with Crippen LogP contribution in [0.5, 0.6) is 0 Å². The predicted octanol–water partition coefficient (Wildman–Crippen LogP) is 1.86. The van der Waals surface area contributed by atoms with Crippen LogP contribution in [-0.2, 0) is 29.5 Å². The number of hydrogen-bond acceptors (Lipinski definition) is 3. The highest BCUT2D eigenvalue weighted by Crippen LogP contribution is 2.28. The Labute approximate surface area is 146 Å². The van der Waals surface area contributed by atoms with E-state index in [1.807, 2.05) is 47.1 Å². The van der Waals surface area contributed by atoms with Crippen LogP contribution in [0.4, 0.5) is 5.69 Å². The average molecular weight is 338 g/mol. The fraction of sp³-hybridized carbons (Fsp3) is 0.421. The number of anilines is 1. The molecule has 1 unspecified atom stereocenters. The Bertz CT molecular complexity index is 827. The molecule has 1 aromatic heterocycles. The normalized spacial score (nSPS) is 19.6. The fourth-order valence-corrected chi connectivity index (χ4v) is 3.89. The minimum Gasteiger partial charge on any atom is -0.342 e. The SMILES string of the molecule is Cn1nccc1C1CCCN(C(=O)Cc2ccc3c(c2)NC(=O)C3)C1. The van der Waals surface area contributed by atoms with Crippen molar-refractivity contribution in [3.05, 3.63) is 47.3 Å². The molecule has 130 valence electrons. The number of fused-ring (bicyclic) bond motifs is 1. The van der Waals surface area contributed by atoms with E-state index in [4.69, 9.17) is 0 Å². The lowest BCUT2D eigenvalue weighted by Crippen LogP contribution is -2.40. The van der Waals surface area contributed by atoms with Gasteiger partial charge in [-0.25, -0.2) is 0 Å². The number of aryl methyl sites for hydroxylation is 1. The zero-order valence-corrected chi connectivity index (χ0v) is 14.4. The van der Waals surface area contributed by atoms with Gasteiger partial charge in [-0.1, -0.05) is 12.1 Å². The minimum absolute atomic E-state index is 0.0218. The van der Waals surface area contributed by atoms with Gasteiger partial charge in [0.2, 0.25) is 11.8 Å². The van der Waals surface area contributed by atoms with Gasteiger partial charge >= 0.3 is 0 Å². The first-order valence-corrected chi connectivity index (χ1v) is 8.77. The lowest BCUT2D eigenvalue weighted by Gasteiger charge is -2.33. The van der Waals surface area contributed by atoms with Crippen LogP contribution in [0.2, 0.25) is 0 Å². The maximum Gasteiger partial charge on any atom is 0.228 e. The van der Waals surface area contributed by atoms with Gasteiger partial charge in [-0.3, -0.25) is 14.3 Å².